The highest BCUT2D eigenvalue weighted by atomic mass is 16.2. The van der Waals surface area contributed by atoms with Crippen LogP contribution < -0.4 is 5.32 Å². The number of rotatable bonds is 6. The van der Waals surface area contributed by atoms with Crippen molar-refractivity contribution in [2.24, 2.45) is 11.8 Å². The molecule has 1 aromatic heterocycles. The van der Waals surface area contributed by atoms with E-state index in [-0.39, 0.29) is 5.91 Å². The molecule has 0 unspecified atom stereocenters. The van der Waals surface area contributed by atoms with Gasteiger partial charge in [0.15, 0.2) is 0 Å². The fourth-order valence-corrected chi connectivity index (χ4v) is 3.71. The summed E-state index contributed by atoms with van der Waals surface area (Å²) in [5.74, 6) is 1.58. The van der Waals surface area contributed by atoms with Gasteiger partial charge in [-0.1, -0.05) is 13.0 Å². The van der Waals surface area contributed by atoms with Crippen LogP contribution in [0, 0.1) is 11.8 Å². The first-order chi connectivity index (χ1) is 11.7. The molecule has 2 fully saturated rings. The Morgan fingerprint density at radius 2 is 2.04 bits per heavy atom. The molecule has 3 rings (SSSR count). The number of hydrogen-bond acceptors (Lipinski definition) is 4. The maximum Gasteiger partial charge on any atom is 0.234 e. The van der Waals surface area contributed by atoms with E-state index in [4.69, 9.17) is 0 Å². The summed E-state index contributed by atoms with van der Waals surface area (Å²) in [5.41, 5.74) is 1.27. The summed E-state index contributed by atoms with van der Waals surface area (Å²) in [5, 5.41) is 3.15. The second-order valence-corrected chi connectivity index (χ2v) is 7.51. The molecule has 0 saturated carbocycles. The summed E-state index contributed by atoms with van der Waals surface area (Å²) in [4.78, 5) is 21.1. The van der Waals surface area contributed by atoms with Gasteiger partial charge in [-0.25, -0.2) is 0 Å². The Balaban J connectivity index is 1.33. The van der Waals surface area contributed by atoms with Gasteiger partial charge >= 0.3 is 0 Å². The zero-order chi connectivity index (χ0) is 16.8. The number of hydrogen-bond donors (Lipinski definition) is 1. The van der Waals surface area contributed by atoms with Crippen molar-refractivity contribution < 1.29 is 4.79 Å². The standard InChI is InChI=1S/C19H30N4O/c1-16-4-8-22(9-5-16)15-19(24)21-12-18-6-10-23(14-18)13-17-3-2-7-20-11-17/h2-3,7,11,16,18H,4-6,8-10,12-15H2,1H3,(H,21,24)/t18-/m1/s1. The molecule has 5 nitrogen and oxygen atoms in total. The number of aromatic nitrogens is 1. The first kappa shape index (κ1) is 17.4. The van der Waals surface area contributed by atoms with Gasteiger partial charge in [0.1, 0.15) is 0 Å². The van der Waals surface area contributed by atoms with Crippen molar-refractivity contribution in [3.63, 3.8) is 0 Å². The van der Waals surface area contributed by atoms with Crippen molar-refractivity contribution in [2.45, 2.75) is 32.7 Å². The molecule has 1 N–H and O–H groups in total. The zero-order valence-corrected chi connectivity index (χ0v) is 14.8. The third-order valence-corrected chi connectivity index (χ3v) is 5.33. The van der Waals surface area contributed by atoms with Crippen LogP contribution in [-0.4, -0.2) is 60.0 Å². The minimum atomic E-state index is 0.190. The van der Waals surface area contributed by atoms with Crippen LogP contribution in [0.1, 0.15) is 31.7 Å². The molecule has 1 aromatic rings. The van der Waals surface area contributed by atoms with Crippen molar-refractivity contribution in [2.75, 3.05) is 39.3 Å². The van der Waals surface area contributed by atoms with E-state index in [1.54, 1.807) is 0 Å². The highest BCUT2D eigenvalue weighted by Gasteiger charge is 2.23. The van der Waals surface area contributed by atoms with Crippen LogP contribution in [0.25, 0.3) is 0 Å². The average Bonchev–Trinajstić information content (AvgIpc) is 3.03. The van der Waals surface area contributed by atoms with Crippen LogP contribution in [0.2, 0.25) is 0 Å². The van der Waals surface area contributed by atoms with E-state index in [1.165, 1.54) is 24.8 Å². The van der Waals surface area contributed by atoms with Crippen LogP contribution in [0.4, 0.5) is 0 Å². The number of carbonyl (C=O) groups excluding carboxylic acids is 1. The second kappa shape index (κ2) is 8.58. The second-order valence-electron chi connectivity index (χ2n) is 7.51. The number of carbonyl (C=O) groups is 1. The average molecular weight is 330 g/mol. The summed E-state index contributed by atoms with van der Waals surface area (Å²) in [6.45, 7) is 8.95. The fourth-order valence-electron chi connectivity index (χ4n) is 3.71. The Bertz CT molecular complexity index is 513. The van der Waals surface area contributed by atoms with Gasteiger partial charge in [0.25, 0.3) is 0 Å². The Morgan fingerprint density at radius 1 is 1.25 bits per heavy atom. The predicted octanol–water partition coefficient (Wildman–Crippen LogP) is 1.75. The van der Waals surface area contributed by atoms with Gasteiger partial charge in [0, 0.05) is 32.0 Å². The predicted molar refractivity (Wildman–Crippen MR) is 95.5 cm³/mol. The molecular weight excluding hydrogens is 300 g/mol. The molecule has 0 radical (unpaired) electrons. The third kappa shape index (κ3) is 5.28. The van der Waals surface area contributed by atoms with Crippen molar-refractivity contribution in [1.29, 1.82) is 0 Å². The number of nitrogens with zero attached hydrogens (tertiary/aromatic N) is 3. The molecule has 0 aliphatic carbocycles. The lowest BCUT2D eigenvalue weighted by molar-refractivity contribution is -0.122. The first-order valence-corrected chi connectivity index (χ1v) is 9.29. The van der Waals surface area contributed by atoms with Crippen molar-refractivity contribution >= 4 is 5.91 Å². The maximum absolute atomic E-state index is 12.1. The Hall–Kier alpha value is -1.46. The largest absolute Gasteiger partial charge is 0.355 e. The number of likely N-dealkylation sites (tertiary alicyclic amines) is 2. The van der Waals surface area contributed by atoms with Crippen LogP contribution >= 0.6 is 0 Å². The molecule has 1 amide bonds. The Kier molecular flexibility index (Phi) is 6.21. The molecule has 0 aromatic carbocycles. The van der Waals surface area contributed by atoms with Crippen LogP contribution in [0.5, 0.6) is 0 Å². The highest BCUT2D eigenvalue weighted by molar-refractivity contribution is 5.78. The van der Waals surface area contributed by atoms with Crippen LogP contribution in [0.15, 0.2) is 24.5 Å². The zero-order valence-electron chi connectivity index (χ0n) is 14.8. The molecule has 132 valence electrons. The number of pyridine rings is 1. The number of amides is 1. The number of piperidine rings is 1. The molecule has 3 heterocycles. The van der Waals surface area contributed by atoms with Gasteiger partial charge < -0.3 is 5.32 Å². The quantitative estimate of drug-likeness (QED) is 0.863. The van der Waals surface area contributed by atoms with E-state index in [2.05, 4.69) is 33.1 Å². The monoisotopic (exact) mass is 330 g/mol. The van der Waals surface area contributed by atoms with Gasteiger partial charge in [-0.2, -0.15) is 0 Å². The molecule has 2 aliphatic rings. The van der Waals surface area contributed by atoms with Crippen LogP contribution in [-0.2, 0) is 11.3 Å². The summed E-state index contributed by atoms with van der Waals surface area (Å²) < 4.78 is 0. The maximum atomic E-state index is 12.1. The number of nitrogens with one attached hydrogen (secondary N) is 1. The molecular formula is C19H30N4O. The minimum absolute atomic E-state index is 0.190. The summed E-state index contributed by atoms with van der Waals surface area (Å²) >= 11 is 0. The third-order valence-electron chi connectivity index (χ3n) is 5.33. The minimum Gasteiger partial charge on any atom is -0.355 e. The van der Waals surface area contributed by atoms with Crippen molar-refractivity contribution in [3.05, 3.63) is 30.1 Å². The topological polar surface area (TPSA) is 48.5 Å². The highest BCUT2D eigenvalue weighted by Crippen LogP contribution is 2.18. The molecule has 5 heteroatoms. The van der Waals surface area contributed by atoms with E-state index >= 15 is 0 Å². The lowest BCUT2D eigenvalue weighted by atomic mass is 9.99. The lowest BCUT2D eigenvalue weighted by Crippen LogP contribution is -2.42. The smallest absolute Gasteiger partial charge is 0.234 e. The first-order valence-electron chi connectivity index (χ1n) is 9.29. The van der Waals surface area contributed by atoms with E-state index in [0.717, 1.165) is 45.2 Å². The molecule has 24 heavy (non-hydrogen) atoms. The van der Waals surface area contributed by atoms with E-state index < -0.39 is 0 Å². The molecule has 2 aliphatic heterocycles. The normalized spacial score (nSPS) is 23.5. The van der Waals surface area contributed by atoms with Gasteiger partial charge in [0.05, 0.1) is 6.54 Å². The van der Waals surface area contributed by atoms with Crippen LogP contribution in [0.3, 0.4) is 0 Å². The van der Waals surface area contributed by atoms with Gasteiger partial charge in [0.2, 0.25) is 5.91 Å². The summed E-state index contributed by atoms with van der Waals surface area (Å²) in [6.07, 6.45) is 7.36. The SMILES string of the molecule is CC1CCN(CC(=O)NC[C@H]2CCN(Cc3cccnc3)C2)CC1. The molecule has 0 spiro atoms. The van der Waals surface area contributed by atoms with E-state index in [1.807, 2.05) is 18.5 Å². The van der Waals surface area contributed by atoms with Gasteiger partial charge in [-0.3, -0.25) is 19.6 Å². The summed E-state index contributed by atoms with van der Waals surface area (Å²) in [6, 6.07) is 4.12. The van der Waals surface area contributed by atoms with E-state index in [9.17, 15) is 4.79 Å². The summed E-state index contributed by atoms with van der Waals surface area (Å²) in [7, 11) is 0. The molecule has 0 bridgehead atoms. The Labute approximate surface area is 145 Å². The lowest BCUT2D eigenvalue weighted by Gasteiger charge is -2.29. The van der Waals surface area contributed by atoms with E-state index in [0.29, 0.717) is 12.5 Å². The van der Waals surface area contributed by atoms with Gasteiger partial charge in [-0.05, 0) is 62.4 Å². The van der Waals surface area contributed by atoms with Crippen molar-refractivity contribution in [3.8, 4) is 0 Å². The molecule has 2 saturated heterocycles. The van der Waals surface area contributed by atoms with Gasteiger partial charge in [-0.15, -0.1) is 0 Å². The fraction of sp³-hybridized carbons (Fsp3) is 0.684. The molecule has 1 atom stereocenters. The Morgan fingerprint density at radius 3 is 2.79 bits per heavy atom. The van der Waals surface area contributed by atoms with Crippen molar-refractivity contribution in [1.82, 2.24) is 20.1 Å².